The summed E-state index contributed by atoms with van der Waals surface area (Å²) in [4.78, 5) is 28.7. The molecule has 5 rings (SSSR count). The van der Waals surface area contributed by atoms with Crippen molar-refractivity contribution in [3.63, 3.8) is 0 Å². The molecule has 34 heavy (non-hydrogen) atoms. The minimum atomic E-state index is -0.296. The third kappa shape index (κ3) is 4.38. The lowest BCUT2D eigenvalue weighted by molar-refractivity contribution is 0.194. The molecule has 8 nitrogen and oxygen atoms in total. The van der Waals surface area contributed by atoms with Gasteiger partial charge in [-0.2, -0.15) is 5.26 Å². The molecule has 3 heterocycles. The largest absolute Gasteiger partial charge is 0.352 e. The van der Waals surface area contributed by atoms with Crippen LogP contribution in [0.1, 0.15) is 11.1 Å². The van der Waals surface area contributed by atoms with Crippen LogP contribution in [0.4, 0.5) is 15.0 Å². The molecular weight excluding hydrogens is 433 g/mol. The summed E-state index contributed by atoms with van der Waals surface area (Å²) in [7, 11) is 0. The van der Waals surface area contributed by atoms with Crippen LogP contribution < -0.4 is 10.2 Å². The quantitative estimate of drug-likeness (QED) is 0.489. The molecule has 0 radical (unpaired) electrons. The molecule has 2 aromatic carbocycles. The van der Waals surface area contributed by atoms with Crippen LogP contribution in [0.25, 0.3) is 22.3 Å². The zero-order valence-corrected chi connectivity index (χ0v) is 18.3. The van der Waals surface area contributed by atoms with Crippen LogP contribution in [-0.4, -0.2) is 52.1 Å². The van der Waals surface area contributed by atoms with Crippen LogP contribution >= 0.6 is 0 Å². The summed E-state index contributed by atoms with van der Waals surface area (Å²) in [5, 5.41) is 13.0. The van der Waals surface area contributed by atoms with Crippen molar-refractivity contribution in [2.24, 2.45) is 0 Å². The van der Waals surface area contributed by atoms with Crippen molar-refractivity contribution in [3.8, 4) is 17.3 Å². The van der Waals surface area contributed by atoms with Gasteiger partial charge in [-0.3, -0.25) is 0 Å². The number of halogens is 1. The highest BCUT2D eigenvalue weighted by Crippen LogP contribution is 2.29. The van der Waals surface area contributed by atoms with Gasteiger partial charge in [-0.05, 0) is 41.5 Å². The molecule has 0 spiro atoms. The summed E-state index contributed by atoms with van der Waals surface area (Å²) < 4.78 is 13.0. The summed E-state index contributed by atoms with van der Waals surface area (Å²) in [5.41, 5.74) is 3.94. The number of H-pyrrole nitrogens is 1. The van der Waals surface area contributed by atoms with Crippen LogP contribution in [0.3, 0.4) is 0 Å². The first-order valence-electron chi connectivity index (χ1n) is 11.0. The Balaban J connectivity index is 1.26. The third-order valence-corrected chi connectivity index (χ3v) is 5.93. The molecule has 0 saturated carbocycles. The molecule has 0 atom stereocenters. The van der Waals surface area contributed by atoms with E-state index in [0.29, 0.717) is 38.3 Å². The first kappa shape index (κ1) is 21.4. The second-order valence-corrected chi connectivity index (χ2v) is 8.09. The maximum Gasteiger partial charge on any atom is 0.317 e. The molecule has 2 amide bonds. The molecule has 2 N–H and O–H groups in total. The average Bonchev–Trinajstić information content (AvgIpc) is 3.33. The molecule has 0 unspecified atom stereocenters. The van der Waals surface area contributed by atoms with Crippen LogP contribution in [0, 0.1) is 17.1 Å². The highest BCUT2D eigenvalue weighted by Gasteiger charge is 2.23. The Hall–Kier alpha value is -4.45. The highest BCUT2D eigenvalue weighted by atomic mass is 19.1. The SMILES string of the molecule is N#Cc1cccc(-c2cc3c(N4CCN(C(=O)NCc5ccc(F)cc5)CC4)ncnc3[nH]2)c1. The minimum absolute atomic E-state index is 0.141. The Morgan fingerprint density at radius 3 is 2.65 bits per heavy atom. The number of nitrogens with zero attached hydrogens (tertiary/aromatic N) is 5. The van der Waals surface area contributed by atoms with Gasteiger partial charge in [0.25, 0.3) is 0 Å². The molecule has 1 aliphatic heterocycles. The van der Waals surface area contributed by atoms with E-state index >= 15 is 0 Å². The second kappa shape index (κ2) is 9.19. The maximum absolute atomic E-state index is 13.0. The second-order valence-electron chi connectivity index (χ2n) is 8.09. The fourth-order valence-electron chi connectivity index (χ4n) is 4.10. The van der Waals surface area contributed by atoms with Crippen molar-refractivity contribution in [3.05, 3.63) is 77.9 Å². The lowest BCUT2D eigenvalue weighted by atomic mass is 10.1. The fourth-order valence-corrected chi connectivity index (χ4v) is 4.10. The lowest BCUT2D eigenvalue weighted by Gasteiger charge is -2.35. The monoisotopic (exact) mass is 455 g/mol. The normalized spacial score (nSPS) is 13.6. The molecule has 1 saturated heterocycles. The number of nitriles is 1. The smallest absolute Gasteiger partial charge is 0.317 e. The average molecular weight is 455 g/mol. The van der Waals surface area contributed by atoms with E-state index in [1.165, 1.54) is 18.5 Å². The summed E-state index contributed by atoms with van der Waals surface area (Å²) in [6.07, 6.45) is 1.53. The van der Waals surface area contributed by atoms with Crippen molar-refractivity contribution in [2.45, 2.75) is 6.54 Å². The molecule has 2 aromatic heterocycles. The number of fused-ring (bicyclic) bond motifs is 1. The Morgan fingerprint density at radius 2 is 1.88 bits per heavy atom. The van der Waals surface area contributed by atoms with E-state index in [1.807, 2.05) is 24.3 Å². The van der Waals surface area contributed by atoms with Crippen LogP contribution in [0.5, 0.6) is 0 Å². The molecule has 1 fully saturated rings. The maximum atomic E-state index is 13.0. The molecule has 9 heteroatoms. The summed E-state index contributed by atoms with van der Waals surface area (Å²) in [6, 6.07) is 17.5. The summed E-state index contributed by atoms with van der Waals surface area (Å²) >= 11 is 0. The van der Waals surface area contributed by atoms with Crippen LogP contribution in [0.15, 0.2) is 60.9 Å². The van der Waals surface area contributed by atoms with Crippen molar-refractivity contribution >= 4 is 22.9 Å². The van der Waals surface area contributed by atoms with Gasteiger partial charge < -0.3 is 20.1 Å². The first-order chi connectivity index (χ1) is 16.6. The zero-order chi connectivity index (χ0) is 23.5. The van der Waals surface area contributed by atoms with Gasteiger partial charge in [-0.25, -0.2) is 19.2 Å². The van der Waals surface area contributed by atoms with E-state index in [1.54, 1.807) is 23.1 Å². The van der Waals surface area contributed by atoms with Gasteiger partial charge in [0.2, 0.25) is 0 Å². The third-order valence-electron chi connectivity index (χ3n) is 5.93. The van der Waals surface area contributed by atoms with Crippen molar-refractivity contribution in [1.82, 2.24) is 25.2 Å². The van der Waals surface area contributed by atoms with Gasteiger partial charge in [0.1, 0.15) is 23.6 Å². The lowest BCUT2D eigenvalue weighted by Crippen LogP contribution is -2.52. The molecular formula is C25H22FN7O. The number of carbonyl (C=O) groups is 1. The predicted molar refractivity (Wildman–Crippen MR) is 126 cm³/mol. The zero-order valence-electron chi connectivity index (χ0n) is 18.3. The Kier molecular flexibility index (Phi) is 5.79. The Bertz CT molecular complexity index is 1370. The molecule has 4 aromatic rings. The Morgan fingerprint density at radius 1 is 1.09 bits per heavy atom. The number of urea groups is 1. The van der Waals surface area contributed by atoms with Gasteiger partial charge in [-0.15, -0.1) is 0 Å². The molecule has 0 aliphatic carbocycles. The molecule has 0 bridgehead atoms. The number of anilines is 1. The standard InChI is InChI=1S/C25H22FN7O/c26-20-6-4-17(5-7-20)15-28-25(34)33-10-8-32(9-11-33)24-21-13-22(31-23(21)29-16-30-24)19-3-1-2-18(12-19)14-27/h1-7,12-13,16H,8-11,15H2,(H,28,34)(H,29,30,31). The van der Waals surface area contributed by atoms with E-state index in [4.69, 9.17) is 0 Å². The fraction of sp³-hybridized carbons (Fsp3) is 0.200. The van der Waals surface area contributed by atoms with E-state index in [0.717, 1.165) is 33.7 Å². The van der Waals surface area contributed by atoms with Crippen molar-refractivity contribution in [1.29, 1.82) is 5.26 Å². The first-order valence-corrected chi connectivity index (χ1v) is 11.0. The van der Waals surface area contributed by atoms with Gasteiger partial charge in [0, 0.05) is 38.4 Å². The predicted octanol–water partition coefficient (Wildman–Crippen LogP) is 3.67. The summed E-state index contributed by atoms with van der Waals surface area (Å²) in [5.74, 6) is 0.519. The topological polar surface area (TPSA) is 101 Å². The molecule has 170 valence electrons. The van der Waals surface area contributed by atoms with Crippen molar-refractivity contribution < 1.29 is 9.18 Å². The number of amides is 2. The number of aromatic amines is 1. The van der Waals surface area contributed by atoms with Crippen LogP contribution in [-0.2, 0) is 6.54 Å². The number of benzene rings is 2. The van der Waals surface area contributed by atoms with Gasteiger partial charge in [-0.1, -0.05) is 24.3 Å². The van der Waals surface area contributed by atoms with E-state index in [-0.39, 0.29) is 11.8 Å². The number of hydrogen-bond donors (Lipinski definition) is 2. The Labute approximate surface area is 195 Å². The number of rotatable bonds is 4. The van der Waals surface area contributed by atoms with E-state index in [9.17, 15) is 14.4 Å². The minimum Gasteiger partial charge on any atom is -0.352 e. The van der Waals surface area contributed by atoms with Gasteiger partial charge >= 0.3 is 6.03 Å². The number of piperazine rings is 1. The van der Waals surface area contributed by atoms with E-state index < -0.39 is 0 Å². The van der Waals surface area contributed by atoms with E-state index in [2.05, 4.69) is 31.2 Å². The summed E-state index contributed by atoms with van der Waals surface area (Å²) in [6.45, 7) is 2.75. The number of hydrogen-bond acceptors (Lipinski definition) is 5. The number of carbonyl (C=O) groups excluding carboxylic acids is 1. The number of aromatic nitrogens is 3. The van der Waals surface area contributed by atoms with Crippen LogP contribution in [0.2, 0.25) is 0 Å². The van der Waals surface area contributed by atoms with Gasteiger partial charge in [0.15, 0.2) is 0 Å². The number of nitrogens with one attached hydrogen (secondary N) is 2. The van der Waals surface area contributed by atoms with Crippen molar-refractivity contribution in [2.75, 3.05) is 31.1 Å². The van der Waals surface area contributed by atoms with Gasteiger partial charge in [0.05, 0.1) is 17.0 Å². The molecule has 1 aliphatic rings. The highest BCUT2D eigenvalue weighted by molar-refractivity contribution is 5.92.